The average Bonchev–Trinajstić information content (AvgIpc) is 3.09. The van der Waals surface area contributed by atoms with E-state index in [9.17, 15) is 24.3 Å². The van der Waals surface area contributed by atoms with E-state index in [1.165, 1.54) is 24.3 Å². The molecule has 0 saturated carbocycles. The molecule has 0 aliphatic rings. The molecule has 0 aromatic heterocycles. The molecular weight excluding hydrogens is 672 g/mol. The maximum Gasteiger partial charge on any atom is 0.312 e. The van der Waals surface area contributed by atoms with Crippen molar-refractivity contribution < 1.29 is 52.7 Å². The van der Waals surface area contributed by atoms with E-state index in [0.717, 1.165) is 0 Å². The molecule has 288 valence electrons. The summed E-state index contributed by atoms with van der Waals surface area (Å²) in [6.45, 7) is 8.40. The number of carbonyl (C=O) groups excluding carboxylic acids is 4. The van der Waals surface area contributed by atoms with E-state index in [1.54, 1.807) is 13.8 Å². The Kier molecular flexibility index (Phi) is 25.9. The molecule has 2 atom stereocenters. The van der Waals surface area contributed by atoms with Crippen LogP contribution in [-0.4, -0.2) is 133 Å². The summed E-state index contributed by atoms with van der Waals surface area (Å²) in [4.78, 5) is 52.5. The van der Waals surface area contributed by atoms with Gasteiger partial charge in [-0.05, 0) is 48.6 Å². The molecule has 1 aromatic rings. The van der Waals surface area contributed by atoms with Crippen LogP contribution in [0.3, 0.4) is 0 Å². The minimum Gasteiger partial charge on any atom is -0.508 e. The smallest absolute Gasteiger partial charge is 0.312 e. The molecule has 7 N–H and O–H groups in total. The molecule has 0 spiro atoms. The second kappa shape index (κ2) is 29.5. The lowest BCUT2D eigenvalue weighted by Gasteiger charge is -2.25. The number of hydrogen-bond donors (Lipinski definition) is 6. The van der Waals surface area contributed by atoms with E-state index in [4.69, 9.17) is 39.7 Å². The van der Waals surface area contributed by atoms with Crippen molar-refractivity contribution in [3.05, 3.63) is 34.7 Å². The van der Waals surface area contributed by atoms with Crippen molar-refractivity contribution in [2.75, 3.05) is 97.7 Å². The molecule has 0 bridgehead atoms. The Morgan fingerprint density at radius 1 is 0.784 bits per heavy atom. The minimum absolute atomic E-state index is 0.0147. The Bertz CT molecular complexity index is 1170. The third-order valence-corrected chi connectivity index (χ3v) is 6.73. The quantitative estimate of drug-likeness (QED) is 0.0208. The molecule has 0 saturated heterocycles. The lowest BCUT2D eigenvalue weighted by atomic mass is 10.0. The van der Waals surface area contributed by atoms with E-state index in [-0.39, 0.29) is 44.3 Å². The fourth-order valence-corrected chi connectivity index (χ4v) is 4.12. The summed E-state index contributed by atoms with van der Waals surface area (Å²) in [5.41, 5.74) is 13.7. The Morgan fingerprint density at radius 2 is 1.29 bits per heavy atom. The zero-order valence-corrected chi connectivity index (χ0v) is 29.5. The van der Waals surface area contributed by atoms with Crippen LogP contribution >= 0.6 is 0 Å². The van der Waals surface area contributed by atoms with E-state index in [1.807, 2.05) is 0 Å². The van der Waals surface area contributed by atoms with E-state index >= 15 is 0 Å². The number of primary amides is 1. The van der Waals surface area contributed by atoms with Gasteiger partial charge in [-0.1, -0.05) is 19.0 Å². The molecule has 0 radical (unpaired) electrons. The van der Waals surface area contributed by atoms with E-state index < -0.39 is 35.8 Å². The maximum absolute atomic E-state index is 13.2. The molecule has 19 nitrogen and oxygen atoms in total. The maximum atomic E-state index is 13.2. The van der Waals surface area contributed by atoms with Gasteiger partial charge in [0.25, 0.3) is 0 Å². The van der Waals surface area contributed by atoms with Gasteiger partial charge in [0.05, 0.1) is 79.3 Å². The number of azide groups is 1. The first-order valence-electron chi connectivity index (χ1n) is 16.8. The molecular formula is C32H54N8O11. The number of nitrogens with one attached hydrogen (secondary N) is 4. The van der Waals surface area contributed by atoms with Crippen LogP contribution in [0.15, 0.2) is 29.4 Å². The van der Waals surface area contributed by atoms with Gasteiger partial charge in [-0.25, -0.2) is 4.79 Å². The van der Waals surface area contributed by atoms with Crippen molar-refractivity contribution in [3.63, 3.8) is 0 Å². The second-order valence-electron chi connectivity index (χ2n) is 11.2. The van der Waals surface area contributed by atoms with Crippen molar-refractivity contribution >= 4 is 29.4 Å². The predicted octanol–water partition coefficient (Wildman–Crippen LogP) is 1.20. The van der Waals surface area contributed by atoms with Crippen LogP contribution in [0.4, 0.5) is 10.5 Å². The van der Waals surface area contributed by atoms with Crippen LogP contribution in [0.25, 0.3) is 10.4 Å². The van der Waals surface area contributed by atoms with Crippen molar-refractivity contribution in [1.82, 2.24) is 16.0 Å². The van der Waals surface area contributed by atoms with Crippen molar-refractivity contribution in [3.8, 4) is 5.75 Å². The molecule has 0 unspecified atom stereocenters. The van der Waals surface area contributed by atoms with Gasteiger partial charge < -0.3 is 60.5 Å². The molecule has 5 amide bonds. The van der Waals surface area contributed by atoms with Crippen LogP contribution < -0.4 is 27.0 Å². The van der Waals surface area contributed by atoms with Gasteiger partial charge in [-0.3, -0.25) is 14.4 Å². The fourth-order valence-electron chi connectivity index (χ4n) is 4.12. The first kappa shape index (κ1) is 44.8. The van der Waals surface area contributed by atoms with E-state index in [2.05, 4.69) is 31.3 Å². The highest BCUT2D eigenvalue weighted by Gasteiger charge is 2.28. The Morgan fingerprint density at radius 3 is 1.78 bits per heavy atom. The first-order chi connectivity index (χ1) is 24.6. The van der Waals surface area contributed by atoms with Crippen LogP contribution in [0.2, 0.25) is 0 Å². The number of nitrogens with zero attached hydrogens (tertiary/aromatic N) is 3. The Labute approximate surface area is 298 Å². The summed E-state index contributed by atoms with van der Waals surface area (Å²) < 4.78 is 32.3. The number of carbonyl (C=O) groups is 4. The number of anilines is 1. The normalized spacial score (nSPS) is 12.1. The number of nitrogens with two attached hydrogens (primary N) is 1. The summed E-state index contributed by atoms with van der Waals surface area (Å²) in [6, 6.07) is 3.26. The van der Waals surface area contributed by atoms with Crippen LogP contribution in [-0.2, 0) is 42.8 Å². The van der Waals surface area contributed by atoms with Crippen molar-refractivity contribution in [1.29, 1.82) is 0 Å². The molecule has 1 aromatic carbocycles. The highest BCUT2D eigenvalue weighted by molar-refractivity contribution is 5.98. The molecule has 0 aliphatic heterocycles. The van der Waals surface area contributed by atoms with Crippen LogP contribution in [0.5, 0.6) is 5.75 Å². The Balaban J connectivity index is 2.24. The number of phenolic OH excluding ortho intramolecular Hbond substituents is 1. The number of hydrogen-bond acceptors (Lipinski definition) is 12. The lowest BCUT2D eigenvalue weighted by Crippen LogP contribution is -2.54. The van der Waals surface area contributed by atoms with Gasteiger partial charge in [0.15, 0.2) is 0 Å². The second-order valence-corrected chi connectivity index (χ2v) is 11.2. The number of amides is 5. The van der Waals surface area contributed by atoms with Gasteiger partial charge in [-0.2, -0.15) is 0 Å². The Hall–Kier alpha value is -4.23. The first-order valence-corrected chi connectivity index (χ1v) is 16.8. The predicted molar refractivity (Wildman–Crippen MR) is 186 cm³/mol. The van der Waals surface area contributed by atoms with Crippen molar-refractivity contribution in [2.45, 2.75) is 45.2 Å². The highest BCUT2D eigenvalue weighted by atomic mass is 16.6. The largest absolute Gasteiger partial charge is 0.508 e. The third-order valence-electron chi connectivity index (χ3n) is 6.73. The molecule has 0 heterocycles. The SMILES string of the molecule is CC(C)[C@H](NC(=O)CCOCCOCCOCCOCCOCCOCCN=[N+]=[N-])C(=O)N[C@@H](CCCNC(N)=O)C(=O)Nc1ccc(O)cc1. The summed E-state index contributed by atoms with van der Waals surface area (Å²) >= 11 is 0. The van der Waals surface area contributed by atoms with E-state index in [0.29, 0.717) is 84.7 Å². The topological polar surface area (TPSA) is 267 Å². The number of ether oxygens (including phenoxy) is 6. The monoisotopic (exact) mass is 726 g/mol. The standard InChI is InChI=1S/C32H54N8O11/c1-24(2)29(31(44)38-27(4-3-10-35-32(33)45)30(43)37-25-5-7-26(41)8-6-25)39-28(42)9-12-46-14-16-48-18-20-50-22-23-51-21-19-49-17-15-47-13-11-36-40-34/h5-8,24,27,29,41H,3-4,9-23H2,1-2H3,(H,37,43)(H,38,44)(H,39,42)(H3,33,35,45)/t27-,29-/m0/s1. The number of rotatable bonds is 31. The number of aromatic hydroxyl groups is 1. The zero-order valence-electron chi connectivity index (χ0n) is 29.5. The number of phenols is 1. The number of benzene rings is 1. The van der Waals surface area contributed by atoms with Gasteiger partial charge in [0.2, 0.25) is 17.7 Å². The van der Waals surface area contributed by atoms with Crippen molar-refractivity contribution in [2.24, 2.45) is 16.8 Å². The molecule has 0 aliphatic carbocycles. The molecule has 51 heavy (non-hydrogen) atoms. The molecule has 1 rings (SSSR count). The summed E-state index contributed by atoms with van der Waals surface area (Å²) in [5.74, 6) is -1.69. The summed E-state index contributed by atoms with van der Waals surface area (Å²) in [7, 11) is 0. The van der Waals surface area contributed by atoms with Gasteiger partial charge >= 0.3 is 6.03 Å². The van der Waals surface area contributed by atoms with Crippen LogP contribution in [0, 0.1) is 5.92 Å². The number of urea groups is 1. The fraction of sp³-hybridized carbons (Fsp3) is 0.688. The minimum atomic E-state index is -0.979. The zero-order chi connectivity index (χ0) is 37.5. The average molecular weight is 727 g/mol. The summed E-state index contributed by atoms with van der Waals surface area (Å²) in [5, 5.41) is 23.4. The van der Waals surface area contributed by atoms with Gasteiger partial charge in [0, 0.05) is 30.1 Å². The third kappa shape index (κ3) is 24.5. The molecule has 0 fully saturated rings. The van der Waals surface area contributed by atoms with Crippen LogP contribution in [0.1, 0.15) is 33.1 Å². The highest BCUT2D eigenvalue weighted by Crippen LogP contribution is 2.15. The molecule has 19 heteroatoms. The van der Waals surface area contributed by atoms with Gasteiger partial charge in [0.1, 0.15) is 17.8 Å². The van der Waals surface area contributed by atoms with Gasteiger partial charge in [-0.15, -0.1) is 0 Å². The lowest BCUT2D eigenvalue weighted by molar-refractivity contribution is -0.132. The summed E-state index contributed by atoms with van der Waals surface area (Å²) in [6.07, 6.45) is 0.543.